The molecule has 0 aliphatic heterocycles. The fourth-order valence-corrected chi connectivity index (χ4v) is 2.46. The van der Waals surface area contributed by atoms with Crippen molar-refractivity contribution in [3.05, 3.63) is 35.5 Å². The normalized spacial score (nSPS) is 10.4. The molecule has 0 aromatic carbocycles. The van der Waals surface area contributed by atoms with Gasteiger partial charge in [-0.3, -0.25) is 14.2 Å². The molecule has 0 aliphatic carbocycles. The van der Waals surface area contributed by atoms with Gasteiger partial charge in [0.25, 0.3) is 0 Å². The molecule has 20 heavy (non-hydrogen) atoms. The molecule has 0 saturated carbocycles. The quantitative estimate of drug-likeness (QED) is 0.798. The van der Waals surface area contributed by atoms with Gasteiger partial charge in [-0.1, -0.05) is 6.07 Å². The van der Waals surface area contributed by atoms with Crippen LogP contribution in [0.3, 0.4) is 0 Å². The third-order valence-electron chi connectivity index (χ3n) is 2.66. The highest BCUT2D eigenvalue weighted by atomic mass is 32.1. The number of nitrogens with zero attached hydrogens (tertiary/aromatic N) is 2. The molecule has 0 fully saturated rings. The van der Waals surface area contributed by atoms with Gasteiger partial charge in [-0.05, 0) is 25.0 Å². The number of nitrogens with one attached hydrogen (secondary N) is 1. The second-order valence-electron chi connectivity index (χ2n) is 4.28. The third-order valence-corrected chi connectivity index (χ3v) is 3.57. The molecule has 2 heterocycles. The van der Waals surface area contributed by atoms with Crippen LogP contribution in [0.4, 0.5) is 4.39 Å². The number of aromatic nitrogens is 2. The van der Waals surface area contributed by atoms with Crippen LogP contribution in [0.25, 0.3) is 10.7 Å². The summed E-state index contributed by atoms with van der Waals surface area (Å²) in [5.74, 6) is -0.0817. The van der Waals surface area contributed by atoms with Gasteiger partial charge in [-0.25, -0.2) is 4.98 Å². The molecule has 106 valence electrons. The largest absolute Gasteiger partial charge is 0.356 e. The Hall–Kier alpha value is -1.82. The van der Waals surface area contributed by atoms with E-state index in [9.17, 15) is 9.18 Å². The Morgan fingerprint density at radius 1 is 1.35 bits per heavy atom. The Morgan fingerprint density at radius 2 is 2.25 bits per heavy atom. The number of hydrogen-bond donors (Lipinski definition) is 1. The zero-order valence-electron chi connectivity index (χ0n) is 11.0. The highest BCUT2D eigenvalue weighted by molar-refractivity contribution is 7.13. The second kappa shape index (κ2) is 7.69. The molecule has 0 unspecified atom stereocenters. The van der Waals surface area contributed by atoms with E-state index < -0.39 is 0 Å². The first kappa shape index (κ1) is 14.6. The topological polar surface area (TPSA) is 54.9 Å². The molecule has 6 heteroatoms. The number of thiazole rings is 1. The minimum absolute atomic E-state index is 0.0817. The van der Waals surface area contributed by atoms with Crippen molar-refractivity contribution in [3.63, 3.8) is 0 Å². The zero-order chi connectivity index (χ0) is 14.2. The molecule has 4 nitrogen and oxygen atoms in total. The SMILES string of the molecule is O=C(Cc1csc(-c2ccccn2)n1)NCCCCF. The highest BCUT2D eigenvalue weighted by Gasteiger charge is 2.09. The number of carbonyl (C=O) groups is 1. The first-order valence-corrected chi connectivity index (χ1v) is 7.36. The van der Waals surface area contributed by atoms with Crippen LogP contribution >= 0.6 is 11.3 Å². The number of amides is 1. The second-order valence-corrected chi connectivity index (χ2v) is 5.14. The molecular formula is C14H16FN3OS. The molecule has 0 saturated heterocycles. The Bertz CT molecular complexity index is 544. The number of rotatable bonds is 7. The molecule has 1 amide bonds. The summed E-state index contributed by atoms with van der Waals surface area (Å²) in [6, 6.07) is 5.64. The predicted molar refractivity (Wildman–Crippen MR) is 77.3 cm³/mol. The van der Waals surface area contributed by atoms with E-state index >= 15 is 0 Å². The van der Waals surface area contributed by atoms with E-state index in [1.54, 1.807) is 6.20 Å². The molecule has 0 aliphatic rings. The number of halogens is 1. The Labute approximate surface area is 121 Å². The van der Waals surface area contributed by atoms with Crippen LogP contribution < -0.4 is 5.32 Å². The fourth-order valence-electron chi connectivity index (χ4n) is 1.67. The fraction of sp³-hybridized carbons (Fsp3) is 0.357. The summed E-state index contributed by atoms with van der Waals surface area (Å²) in [6.45, 7) is 0.176. The van der Waals surface area contributed by atoms with Gasteiger partial charge in [0, 0.05) is 18.1 Å². The molecule has 0 spiro atoms. The lowest BCUT2D eigenvalue weighted by atomic mass is 10.3. The van der Waals surface area contributed by atoms with Crippen molar-refractivity contribution in [3.8, 4) is 10.7 Å². The molecular weight excluding hydrogens is 277 g/mol. The average molecular weight is 293 g/mol. The highest BCUT2D eigenvalue weighted by Crippen LogP contribution is 2.21. The molecule has 2 aromatic heterocycles. The van der Waals surface area contributed by atoms with Gasteiger partial charge in [-0.15, -0.1) is 11.3 Å². The zero-order valence-corrected chi connectivity index (χ0v) is 11.8. The Kier molecular flexibility index (Phi) is 5.61. The van der Waals surface area contributed by atoms with Crippen molar-refractivity contribution in [1.29, 1.82) is 0 Å². The standard InChI is InChI=1S/C14H16FN3OS/c15-6-2-4-8-17-13(19)9-11-10-20-14(18-11)12-5-1-3-7-16-12/h1,3,5,7,10H,2,4,6,8-9H2,(H,17,19). The lowest BCUT2D eigenvalue weighted by Crippen LogP contribution is -2.26. The van der Waals surface area contributed by atoms with Gasteiger partial charge in [0.1, 0.15) is 5.01 Å². The van der Waals surface area contributed by atoms with Crippen molar-refractivity contribution in [1.82, 2.24) is 15.3 Å². The van der Waals surface area contributed by atoms with Gasteiger partial charge >= 0.3 is 0 Å². The van der Waals surface area contributed by atoms with Crippen LogP contribution in [0.15, 0.2) is 29.8 Å². The van der Waals surface area contributed by atoms with E-state index in [1.807, 2.05) is 23.6 Å². The van der Waals surface area contributed by atoms with Crippen LogP contribution in [-0.4, -0.2) is 29.1 Å². The maximum atomic E-state index is 11.9. The monoisotopic (exact) mass is 293 g/mol. The predicted octanol–water partition coefficient (Wildman–Crippen LogP) is 2.61. The summed E-state index contributed by atoms with van der Waals surface area (Å²) in [5.41, 5.74) is 1.55. The van der Waals surface area contributed by atoms with Crippen molar-refractivity contribution < 1.29 is 9.18 Å². The summed E-state index contributed by atoms with van der Waals surface area (Å²) in [4.78, 5) is 20.3. The first-order valence-electron chi connectivity index (χ1n) is 6.48. The minimum Gasteiger partial charge on any atom is -0.356 e. The lowest BCUT2D eigenvalue weighted by Gasteiger charge is -2.02. The molecule has 0 atom stereocenters. The van der Waals surface area contributed by atoms with E-state index in [-0.39, 0.29) is 19.0 Å². The maximum Gasteiger partial charge on any atom is 0.226 e. The number of alkyl halides is 1. The maximum absolute atomic E-state index is 11.9. The number of unbranched alkanes of at least 4 members (excludes halogenated alkanes) is 1. The number of hydrogen-bond acceptors (Lipinski definition) is 4. The van der Waals surface area contributed by atoms with Crippen LogP contribution in [-0.2, 0) is 11.2 Å². The Morgan fingerprint density at radius 3 is 3.00 bits per heavy atom. The van der Waals surface area contributed by atoms with E-state index in [4.69, 9.17) is 0 Å². The van der Waals surface area contributed by atoms with Gasteiger partial charge < -0.3 is 5.32 Å². The van der Waals surface area contributed by atoms with E-state index in [1.165, 1.54) is 11.3 Å². The summed E-state index contributed by atoms with van der Waals surface area (Å²) < 4.78 is 11.9. The van der Waals surface area contributed by atoms with Crippen LogP contribution in [0, 0.1) is 0 Å². The van der Waals surface area contributed by atoms with Gasteiger partial charge in [0.2, 0.25) is 5.91 Å². The van der Waals surface area contributed by atoms with Crippen molar-refractivity contribution in [2.24, 2.45) is 0 Å². The van der Waals surface area contributed by atoms with E-state index in [2.05, 4.69) is 15.3 Å². The third kappa shape index (κ3) is 4.38. The van der Waals surface area contributed by atoms with Crippen molar-refractivity contribution >= 4 is 17.2 Å². The van der Waals surface area contributed by atoms with E-state index in [0.29, 0.717) is 19.4 Å². The molecule has 0 radical (unpaired) electrons. The summed E-state index contributed by atoms with van der Waals surface area (Å²) in [7, 11) is 0. The number of pyridine rings is 1. The molecule has 2 rings (SSSR count). The smallest absolute Gasteiger partial charge is 0.226 e. The summed E-state index contributed by atoms with van der Waals surface area (Å²) in [6.07, 6.45) is 3.12. The van der Waals surface area contributed by atoms with E-state index in [0.717, 1.165) is 16.4 Å². The van der Waals surface area contributed by atoms with Gasteiger partial charge in [0.05, 0.1) is 24.5 Å². The minimum atomic E-state index is -0.338. The van der Waals surface area contributed by atoms with Crippen LogP contribution in [0.2, 0.25) is 0 Å². The van der Waals surface area contributed by atoms with Crippen molar-refractivity contribution in [2.75, 3.05) is 13.2 Å². The molecule has 1 N–H and O–H groups in total. The van der Waals surface area contributed by atoms with Gasteiger partial charge in [-0.2, -0.15) is 0 Å². The molecule has 0 bridgehead atoms. The molecule has 2 aromatic rings. The van der Waals surface area contributed by atoms with Crippen LogP contribution in [0.5, 0.6) is 0 Å². The summed E-state index contributed by atoms with van der Waals surface area (Å²) in [5, 5.41) is 5.44. The summed E-state index contributed by atoms with van der Waals surface area (Å²) >= 11 is 1.47. The number of carbonyl (C=O) groups excluding carboxylic acids is 1. The average Bonchev–Trinajstić information content (AvgIpc) is 2.93. The lowest BCUT2D eigenvalue weighted by molar-refractivity contribution is -0.120. The van der Waals surface area contributed by atoms with Crippen LogP contribution in [0.1, 0.15) is 18.5 Å². The Balaban J connectivity index is 1.85. The first-order chi connectivity index (χ1) is 9.79. The van der Waals surface area contributed by atoms with Crippen molar-refractivity contribution in [2.45, 2.75) is 19.3 Å². The van der Waals surface area contributed by atoms with Gasteiger partial charge in [0.15, 0.2) is 0 Å².